The molecule has 10 heteroatoms. The van der Waals surface area contributed by atoms with E-state index in [1.807, 2.05) is 4.90 Å². The zero-order valence-corrected chi connectivity index (χ0v) is 15.2. The molecular weight excluding hydrogens is 370 g/mol. The van der Waals surface area contributed by atoms with Crippen LogP contribution in [0.4, 0.5) is 11.4 Å². The Bertz CT molecular complexity index is 872. The summed E-state index contributed by atoms with van der Waals surface area (Å²) in [5, 5.41) is 15.2. The molecule has 0 spiro atoms. The predicted octanol–water partition coefficient (Wildman–Crippen LogP) is 2.36. The number of rotatable bonds is 7. The molecule has 0 unspecified atom stereocenters. The number of carbonyl (C=O) groups is 1. The van der Waals surface area contributed by atoms with E-state index in [2.05, 4.69) is 9.89 Å². The van der Waals surface area contributed by atoms with Crippen molar-refractivity contribution < 1.29 is 28.4 Å². The average molecular weight is 389 g/mol. The molecule has 1 fully saturated rings. The van der Waals surface area contributed by atoms with Crippen molar-refractivity contribution in [3.05, 3.63) is 57.5 Å². The van der Waals surface area contributed by atoms with Crippen molar-refractivity contribution in [3.63, 3.8) is 0 Å². The van der Waals surface area contributed by atoms with Gasteiger partial charge in [-0.25, -0.2) is 4.79 Å². The second-order valence-electron chi connectivity index (χ2n) is 5.87. The molecule has 0 atom stereocenters. The first-order valence-corrected chi connectivity index (χ1v) is 8.52. The summed E-state index contributed by atoms with van der Waals surface area (Å²) in [6.45, 7) is 2.29. The zero-order valence-electron chi connectivity index (χ0n) is 15.2. The van der Waals surface area contributed by atoms with Gasteiger partial charge in [0, 0.05) is 24.7 Å². The van der Waals surface area contributed by atoms with Gasteiger partial charge in [-0.1, -0.05) is 11.2 Å². The Morgan fingerprint density at radius 1 is 1.32 bits per heavy atom. The van der Waals surface area contributed by atoms with E-state index in [1.54, 1.807) is 18.2 Å². The Hall–Kier alpha value is -3.40. The number of methoxy groups -OCH3 is 1. The second-order valence-corrected chi connectivity index (χ2v) is 5.87. The maximum atomic E-state index is 11.4. The van der Waals surface area contributed by atoms with Gasteiger partial charge in [-0.2, -0.15) is 0 Å². The molecule has 1 aliphatic heterocycles. The lowest BCUT2D eigenvalue weighted by molar-refractivity contribution is -0.384. The standard InChI is InChI=1S/C18H19N3O7/c1-25-18(22)17-5-3-14(28-17)12-27-19-11-13-2-4-15(16(10-13)21(23)24)20-6-8-26-9-7-20/h2-5,10-11H,6-9,12H2,1H3/b19-11-. The van der Waals surface area contributed by atoms with Gasteiger partial charge in [0.15, 0.2) is 6.61 Å². The predicted molar refractivity (Wildman–Crippen MR) is 98.6 cm³/mol. The fourth-order valence-electron chi connectivity index (χ4n) is 2.70. The lowest BCUT2D eigenvalue weighted by atomic mass is 10.1. The third-order valence-electron chi connectivity index (χ3n) is 4.08. The molecule has 0 aliphatic carbocycles. The van der Waals surface area contributed by atoms with Gasteiger partial charge in [0.05, 0.1) is 31.5 Å². The molecule has 0 saturated carbocycles. The number of nitrogens with zero attached hydrogens (tertiary/aromatic N) is 3. The van der Waals surface area contributed by atoms with Crippen molar-refractivity contribution in [2.24, 2.45) is 5.16 Å². The van der Waals surface area contributed by atoms with Crippen LogP contribution < -0.4 is 4.90 Å². The first kappa shape index (κ1) is 19.4. The van der Waals surface area contributed by atoms with Gasteiger partial charge in [-0.15, -0.1) is 0 Å². The quantitative estimate of drug-likeness (QED) is 0.307. The van der Waals surface area contributed by atoms with E-state index in [0.717, 1.165) is 0 Å². The Balaban J connectivity index is 1.63. The van der Waals surface area contributed by atoms with Crippen LogP contribution in [0.5, 0.6) is 0 Å². The zero-order chi connectivity index (χ0) is 19.9. The highest BCUT2D eigenvalue weighted by Gasteiger charge is 2.21. The Morgan fingerprint density at radius 3 is 2.82 bits per heavy atom. The van der Waals surface area contributed by atoms with E-state index >= 15 is 0 Å². The third kappa shape index (κ3) is 4.65. The normalized spacial score (nSPS) is 14.2. The molecule has 0 radical (unpaired) electrons. The van der Waals surface area contributed by atoms with Crippen LogP contribution in [0.25, 0.3) is 0 Å². The molecule has 2 heterocycles. The van der Waals surface area contributed by atoms with Gasteiger partial charge in [0.1, 0.15) is 11.4 Å². The van der Waals surface area contributed by atoms with Crippen molar-refractivity contribution in [2.75, 3.05) is 38.3 Å². The number of furan rings is 1. The molecule has 10 nitrogen and oxygen atoms in total. The summed E-state index contributed by atoms with van der Waals surface area (Å²) in [4.78, 5) is 29.4. The monoisotopic (exact) mass is 389 g/mol. The molecular formula is C18H19N3O7. The smallest absolute Gasteiger partial charge is 0.373 e. The number of nitro groups is 1. The minimum Gasteiger partial charge on any atom is -0.463 e. The number of oxime groups is 1. The van der Waals surface area contributed by atoms with Crippen molar-refractivity contribution in [2.45, 2.75) is 6.61 Å². The van der Waals surface area contributed by atoms with Gasteiger partial charge in [-0.05, 0) is 18.2 Å². The van der Waals surface area contributed by atoms with Gasteiger partial charge >= 0.3 is 5.97 Å². The van der Waals surface area contributed by atoms with Crippen LogP contribution in [0.15, 0.2) is 39.9 Å². The van der Waals surface area contributed by atoms with E-state index < -0.39 is 10.9 Å². The van der Waals surface area contributed by atoms with Crippen LogP contribution in [0.3, 0.4) is 0 Å². The molecule has 1 aromatic heterocycles. The average Bonchev–Trinajstić information content (AvgIpc) is 3.20. The van der Waals surface area contributed by atoms with Crippen LogP contribution in [0.2, 0.25) is 0 Å². The van der Waals surface area contributed by atoms with Crippen LogP contribution in [0, 0.1) is 10.1 Å². The van der Waals surface area contributed by atoms with E-state index in [-0.39, 0.29) is 18.1 Å². The summed E-state index contributed by atoms with van der Waals surface area (Å²) in [5.41, 5.74) is 1.08. The number of anilines is 1. The summed E-state index contributed by atoms with van der Waals surface area (Å²) in [7, 11) is 1.26. The first-order valence-electron chi connectivity index (χ1n) is 8.52. The minimum absolute atomic E-state index is 0.000366. The number of nitro benzene ring substituents is 1. The summed E-state index contributed by atoms with van der Waals surface area (Å²) < 4.78 is 15.1. The highest BCUT2D eigenvalue weighted by Crippen LogP contribution is 2.29. The Labute approximate surface area is 160 Å². The van der Waals surface area contributed by atoms with Gasteiger partial charge in [-0.3, -0.25) is 10.1 Å². The molecule has 1 saturated heterocycles. The molecule has 1 aliphatic rings. The van der Waals surface area contributed by atoms with E-state index in [9.17, 15) is 14.9 Å². The SMILES string of the molecule is COC(=O)c1ccc(CO/N=C\c2ccc(N3CCOCC3)c([N+](=O)[O-])c2)o1. The molecule has 3 rings (SSSR count). The number of ether oxygens (including phenoxy) is 2. The molecule has 0 N–H and O–H groups in total. The first-order chi connectivity index (χ1) is 13.6. The number of benzene rings is 1. The molecule has 148 valence electrons. The molecule has 0 amide bonds. The Kier molecular flexibility index (Phi) is 6.22. The molecule has 2 aromatic rings. The number of morpholine rings is 1. The van der Waals surface area contributed by atoms with Crippen LogP contribution in [0.1, 0.15) is 21.9 Å². The fraction of sp³-hybridized carbons (Fsp3) is 0.333. The fourth-order valence-corrected chi connectivity index (χ4v) is 2.70. The molecule has 1 aromatic carbocycles. The minimum atomic E-state index is -0.581. The van der Waals surface area contributed by atoms with Crippen molar-refractivity contribution in [1.82, 2.24) is 0 Å². The number of esters is 1. The van der Waals surface area contributed by atoms with E-state index in [4.69, 9.17) is 14.0 Å². The third-order valence-corrected chi connectivity index (χ3v) is 4.08. The van der Waals surface area contributed by atoms with Gasteiger partial charge in [0.25, 0.3) is 5.69 Å². The largest absolute Gasteiger partial charge is 0.463 e. The summed E-state index contributed by atoms with van der Waals surface area (Å²) >= 11 is 0. The van der Waals surface area contributed by atoms with Crippen molar-refractivity contribution in [1.29, 1.82) is 0 Å². The molecule has 28 heavy (non-hydrogen) atoms. The second kappa shape index (κ2) is 9.00. The van der Waals surface area contributed by atoms with Crippen LogP contribution in [-0.4, -0.2) is 50.5 Å². The highest BCUT2D eigenvalue weighted by atomic mass is 16.6. The number of carbonyl (C=O) groups excluding carboxylic acids is 1. The topological polar surface area (TPSA) is 117 Å². The summed E-state index contributed by atoms with van der Waals surface area (Å²) in [6, 6.07) is 7.92. The molecule has 0 bridgehead atoms. The summed E-state index contributed by atoms with van der Waals surface area (Å²) in [6.07, 6.45) is 1.38. The van der Waals surface area contributed by atoms with Gasteiger partial charge in [0.2, 0.25) is 5.76 Å². The van der Waals surface area contributed by atoms with E-state index in [0.29, 0.717) is 43.3 Å². The van der Waals surface area contributed by atoms with Crippen LogP contribution >= 0.6 is 0 Å². The Morgan fingerprint density at radius 2 is 2.11 bits per heavy atom. The van der Waals surface area contributed by atoms with Gasteiger partial charge < -0.3 is 23.6 Å². The van der Waals surface area contributed by atoms with Crippen LogP contribution in [-0.2, 0) is 20.9 Å². The highest BCUT2D eigenvalue weighted by molar-refractivity contribution is 5.86. The maximum absolute atomic E-state index is 11.4. The lowest BCUT2D eigenvalue weighted by Gasteiger charge is -2.28. The number of hydrogen-bond acceptors (Lipinski definition) is 9. The maximum Gasteiger partial charge on any atom is 0.373 e. The lowest BCUT2D eigenvalue weighted by Crippen LogP contribution is -2.36. The number of hydrogen-bond donors (Lipinski definition) is 0. The summed E-state index contributed by atoms with van der Waals surface area (Å²) in [5.74, 6) is -0.118. The van der Waals surface area contributed by atoms with Crippen molar-refractivity contribution >= 4 is 23.6 Å². The van der Waals surface area contributed by atoms with Crippen molar-refractivity contribution in [3.8, 4) is 0 Å². The van der Waals surface area contributed by atoms with E-state index in [1.165, 1.54) is 25.5 Å².